The van der Waals surface area contributed by atoms with E-state index in [9.17, 15) is 14.0 Å². The lowest BCUT2D eigenvalue weighted by molar-refractivity contribution is -0.123. The smallest absolute Gasteiger partial charge is 0.238 e. The van der Waals surface area contributed by atoms with Gasteiger partial charge >= 0.3 is 0 Å². The van der Waals surface area contributed by atoms with Crippen LogP contribution in [-0.4, -0.2) is 36.9 Å². The number of carbonyl (C=O) groups excluding carboxylic acids is 2. The molecule has 1 atom stereocenters. The Kier molecular flexibility index (Phi) is 6.45. The summed E-state index contributed by atoms with van der Waals surface area (Å²) in [6, 6.07) is 9.52. The summed E-state index contributed by atoms with van der Waals surface area (Å²) < 4.78 is 13.1. The minimum atomic E-state index is -0.414. The fourth-order valence-electron chi connectivity index (χ4n) is 2.21. The number of amides is 2. The number of benzene rings is 1. The Balaban J connectivity index is 1.76. The molecule has 24 heavy (non-hydrogen) atoms. The van der Waals surface area contributed by atoms with Crippen molar-refractivity contribution in [2.45, 2.75) is 13.0 Å². The summed E-state index contributed by atoms with van der Waals surface area (Å²) in [5.74, 6) is -0.873. The number of anilines is 1. The van der Waals surface area contributed by atoms with Crippen LogP contribution >= 0.6 is 11.3 Å². The minimum Gasteiger partial charge on any atom is -0.348 e. The predicted molar refractivity (Wildman–Crippen MR) is 93.4 cm³/mol. The largest absolute Gasteiger partial charge is 0.348 e. The molecule has 0 saturated heterocycles. The zero-order valence-corrected chi connectivity index (χ0v) is 14.4. The maximum Gasteiger partial charge on any atom is 0.238 e. The number of thiophene rings is 1. The third kappa shape index (κ3) is 5.75. The van der Waals surface area contributed by atoms with Crippen molar-refractivity contribution in [1.29, 1.82) is 0 Å². The molecule has 0 spiro atoms. The fourth-order valence-corrected chi connectivity index (χ4v) is 2.94. The van der Waals surface area contributed by atoms with Gasteiger partial charge in [-0.25, -0.2) is 4.39 Å². The summed E-state index contributed by atoms with van der Waals surface area (Å²) in [6.07, 6.45) is 0. The van der Waals surface area contributed by atoms with Crippen LogP contribution in [0, 0.1) is 5.82 Å². The molecule has 0 aliphatic heterocycles. The second kappa shape index (κ2) is 8.56. The summed E-state index contributed by atoms with van der Waals surface area (Å²) in [6.45, 7) is 2.06. The zero-order chi connectivity index (χ0) is 17.5. The van der Waals surface area contributed by atoms with E-state index < -0.39 is 5.82 Å². The molecule has 1 heterocycles. The predicted octanol–water partition coefficient (Wildman–Crippen LogP) is 2.63. The monoisotopic (exact) mass is 349 g/mol. The van der Waals surface area contributed by atoms with Crippen LogP contribution in [-0.2, 0) is 9.59 Å². The highest BCUT2D eigenvalue weighted by Crippen LogP contribution is 2.17. The molecule has 0 fully saturated rings. The van der Waals surface area contributed by atoms with Gasteiger partial charge in [0.15, 0.2) is 0 Å². The quantitative estimate of drug-likeness (QED) is 0.808. The van der Waals surface area contributed by atoms with Gasteiger partial charge in [0, 0.05) is 10.6 Å². The Bertz CT molecular complexity index is 691. The molecule has 5 nitrogen and oxygen atoms in total. The Hall–Kier alpha value is -2.25. The Morgan fingerprint density at radius 2 is 1.96 bits per heavy atom. The number of rotatable bonds is 7. The summed E-state index contributed by atoms with van der Waals surface area (Å²) >= 11 is 1.58. The first-order chi connectivity index (χ1) is 11.4. The van der Waals surface area contributed by atoms with Crippen LogP contribution in [0.1, 0.15) is 17.8 Å². The van der Waals surface area contributed by atoms with Gasteiger partial charge in [-0.3, -0.25) is 14.5 Å². The molecule has 0 radical (unpaired) electrons. The average Bonchev–Trinajstić information content (AvgIpc) is 3.00. The van der Waals surface area contributed by atoms with Gasteiger partial charge in [0.05, 0.1) is 19.1 Å². The van der Waals surface area contributed by atoms with Gasteiger partial charge in [-0.2, -0.15) is 0 Å². The molecule has 7 heteroatoms. The summed E-state index contributed by atoms with van der Waals surface area (Å²) in [4.78, 5) is 26.6. The lowest BCUT2D eigenvalue weighted by Gasteiger charge is -2.18. The molecule has 0 aliphatic carbocycles. The Morgan fingerprint density at radius 1 is 1.21 bits per heavy atom. The van der Waals surface area contributed by atoms with Crippen molar-refractivity contribution in [3.8, 4) is 0 Å². The maximum absolute atomic E-state index is 13.1. The number of hydrogen-bond acceptors (Lipinski definition) is 4. The number of nitrogens with zero attached hydrogens (tertiary/aromatic N) is 1. The third-order valence-corrected chi connectivity index (χ3v) is 4.34. The van der Waals surface area contributed by atoms with Gasteiger partial charge in [0.1, 0.15) is 5.82 Å². The number of halogens is 1. The SMILES string of the molecule is C[C@@H](NC(=O)CN(C)CC(=O)Nc1cccc(F)c1)c1cccs1. The Morgan fingerprint density at radius 3 is 2.62 bits per heavy atom. The maximum atomic E-state index is 13.1. The van der Waals surface area contributed by atoms with Gasteiger partial charge < -0.3 is 10.6 Å². The van der Waals surface area contributed by atoms with E-state index in [4.69, 9.17) is 0 Å². The average molecular weight is 349 g/mol. The van der Waals surface area contributed by atoms with Crippen LogP contribution in [0.5, 0.6) is 0 Å². The molecular formula is C17H20FN3O2S. The van der Waals surface area contributed by atoms with Gasteiger partial charge in [-0.15, -0.1) is 11.3 Å². The van der Waals surface area contributed by atoms with E-state index in [0.29, 0.717) is 5.69 Å². The molecule has 2 rings (SSSR count). The molecule has 0 bridgehead atoms. The van der Waals surface area contributed by atoms with E-state index in [2.05, 4.69) is 10.6 Å². The van der Waals surface area contributed by atoms with Gasteiger partial charge in [-0.1, -0.05) is 12.1 Å². The molecule has 2 amide bonds. The van der Waals surface area contributed by atoms with Crippen molar-refractivity contribution in [3.05, 3.63) is 52.5 Å². The molecule has 1 aromatic heterocycles. The molecule has 2 aromatic rings. The minimum absolute atomic E-state index is 0.0390. The van der Waals surface area contributed by atoms with Gasteiger partial charge in [0.2, 0.25) is 11.8 Å². The highest BCUT2D eigenvalue weighted by Gasteiger charge is 2.14. The van der Waals surface area contributed by atoms with Gasteiger partial charge in [-0.05, 0) is 43.6 Å². The fraction of sp³-hybridized carbons (Fsp3) is 0.294. The van der Waals surface area contributed by atoms with E-state index in [1.54, 1.807) is 29.4 Å². The van der Waals surface area contributed by atoms with Crippen LogP contribution in [0.3, 0.4) is 0 Å². The summed E-state index contributed by atoms with van der Waals surface area (Å²) in [7, 11) is 1.68. The molecule has 0 unspecified atom stereocenters. The first kappa shape index (κ1) is 18.1. The van der Waals surface area contributed by atoms with Crippen LogP contribution in [0.2, 0.25) is 0 Å². The summed E-state index contributed by atoms with van der Waals surface area (Å²) in [5, 5.41) is 7.45. The van der Waals surface area contributed by atoms with Crippen LogP contribution in [0.4, 0.5) is 10.1 Å². The van der Waals surface area contributed by atoms with E-state index in [0.717, 1.165) is 4.88 Å². The highest BCUT2D eigenvalue weighted by atomic mass is 32.1. The van der Waals surface area contributed by atoms with Gasteiger partial charge in [0.25, 0.3) is 0 Å². The first-order valence-electron chi connectivity index (χ1n) is 7.51. The van der Waals surface area contributed by atoms with E-state index in [1.165, 1.54) is 18.2 Å². The normalized spacial score (nSPS) is 12.0. The van der Waals surface area contributed by atoms with Crippen LogP contribution in [0.25, 0.3) is 0 Å². The molecule has 0 saturated carbocycles. The number of hydrogen-bond donors (Lipinski definition) is 2. The Labute approximate surface area is 144 Å². The van der Waals surface area contributed by atoms with E-state index in [-0.39, 0.29) is 30.9 Å². The number of nitrogens with one attached hydrogen (secondary N) is 2. The van der Waals surface area contributed by atoms with Crippen LogP contribution in [0.15, 0.2) is 41.8 Å². The topological polar surface area (TPSA) is 61.4 Å². The molecular weight excluding hydrogens is 329 g/mol. The zero-order valence-electron chi connectivity index (χ0n) is 13.6. The second-order valence-corrected chi connectivity index (χ2v) is 6.51. The van der Waals surface area contributed by atoms with Crippen molar-refractivity contribution in [1.82, 2.24) is 10.2 Å². The number of likely N-dealkylation sites (N-methyl/N-ethyl adjacent to an activating group) is 1. The van der Waals surface area contributed by atoms with Crippen molar-refractivity contribution < 1.29 is 14.0 Å². The van der Waals surface area contributed by atoms with Crippen molar-refractivity contribution in [3.63, 3.8) is 0 Å². The highest BCUT2D eigenvalue weighted by molar-refractivity contribution is 7.10. The standard InChI is InChI=1S/C17H20FN3O2S/c1-12(15-7-4-8-24-15)19-16(22)10-21(2)11-17(23)20-14-6-3-5-13(18)9-14/h3-9,12H,10-11H2,1-2H3,(H,19,22)(H,20,23)/t12-/m1/s1. The molecule has 1 aromatic carbocycles. The van der Waals surface area contributed by atoms with Crippen molar-refractivity contribution in [2.75, 3.05) is 25.5 Å². The lowest BCUT2D eigenvalue weighted by Crippen LogP contribution is -2.39. The van der Waals surface area contributed by atoms with E-state index >= 15 is 0 Å². The number of carbonyl (C=O) groups is 2. The lowest BCUT2D eigenvalue weighted by atomic mass is 10.2. The molecule has 128 valence electrons. The van der Waals surface area contributed by atoms with Crippen molar-refractivity contribution in [2.24, 2.45) is 0 Å². The molecule has 2 N–H and O–H groups in total. The van der Waals surface area contributed by atoms with Crippen LogP contribution < -0.4 is 10.6 Å². The first-order valence-corrected chi connectivity index (χ1v) is 8.38. The molecule has 0 aliphatic rings. The second-order valence-electron chi connectivity index (χ2n) is 5.54. The van der Waals surface area contributed by atoms with Crippen molar-refractivity contribution >= 4 is 28.8 Å². The van der Waals surface area contributed by atoms with E-state index in [1.807, 2.05) is 24.4 Å². The summed E-state index contributed by atoms with van der Waals surface area (Å²) in [5.41, 5.74) is 0.393. The third-order valence-electron chi connectivity index (χ3n) is 3.28.